The van der Waals surface area contributed by atoms with Crippen molar-refractivity contribution in [3.63, 3.8) is 0 Å². The molecule has 0 aromatic rings. The van der Waals surface area contributed by atoms with Crippen molar-refractivity contribution in [2.75, 3.05) is 19.8 Å². The minimum atomic E-state index is -3.21. The minimum absolute atomic E-state index is 0.218. The quantitative estimate of drug-likeness (QED) is 0.0151. The second-order valence-corrected chi connectivity index (χ2v) is 15.7. The number of allylic oxidation sites excluding steroid dienone is 2. The van der Waals surface area contributed by atoms with E-state index >= 15 is 0 Å². The molecule has 0 spiro atoms. The molecule has 0 radical (unpaired) electrons. The molecule has 2 unspecified atom stereocenters. The van der Waals surface area contributed by atoms with E-state index in [9.17, 15) is 18.9 Å². The molecule has 318 valence electrons. The van der Waals surface area contributed by atoms with Gasteiger partial charge in [0.05, 0.1) is 6.61 Å². The highest BCUT2D eigenvalue weighted by atomic mass is 31.1. The summed E-state index contributed by atoms with van der Waals surface area (Å²) in [7, 11) is -3.21. The number of unbranched alkanes of at least 4 members (excludes halogenated alkanes) is 25. The smallest absolute Gasteiger partial charge is 0.347 e. The van der Waals surface area contributed by atoms with Crippen molar-refractivity contribution in [1.82, 2.24) is 0 Å². The van der Waals surface area contributed by atoms with E-state index in [4.69, 9.17) is 29.7 Å². The molecule has 12 heteroatoms. The van der Waals surface area contributed by atoms with Crippen molar-refractivity contribution in [2.45, 2.75) is 219 Å². The number of carboxylic acid groups (broad SMARTS) is 1. The summed E-state index contributed by atoms with van der Waals surface area (Å²) in [4.78, 5) is 40.8. The SMILES string of the molecule is CCCCCCCC/C=C\CCCCCCCC(=O)O[C@@H](COO[PH](=O)OCC(N)C(=O)O)COC(=O)CCCCCCCCCCCCCCCCC. The van der Waals surface area contributed by atoms with Crippen molar-refractivity contribution in [2.24, 2.45) is 5.73 Å². The predicted octanol–water partition coefficient (Wildman–Crippen LogP) is 11.5. The fourth-order valence-corrected chi connectivity index (χ4v) is 6.54. The van der Waals surface area contributed by atoms with E-state index in [0.29, 0.717) is 6.42 Å². The summed E-state index contributed by atoms with van der Waals surface area (Å²) in [5, 5.41) is 8.82. The number of rotatable bonds is 42. The maximum absolute atomic E-state index is 12.6. The number of nitrogens with two attached hydrogens (primary N) is 1. The Morgan fingerprint density at radius 3 is 1.43 bits per heavy atom. The van der Waals surface area contributed by atoms with Crippen LogP contribution >= 0.6 is 8.25 Å². The predicted molar refractivity (Wildman–Crippen MR) is 217 cm³/mol. The molecule has 54 heavy (non-hydrogen) atoms. The van der Waals surface area contributed by atoms with Gasteiger partial charge >= 0.3 is 26.2 Å². The first-order valence-corrected chi connectivity index (χ1v) is 23.0. The zero-order valence-electron chi connectivity index (χ0n) is 34.3. The molecule has 3 atom stereocenters. The van der Waals surface area contributed by atoms with Crippen molar-refractivity contribution < 1.29 is 47.6 Å². The van der Waals surface area contributed by atoms with Gasteiger partial charge in [0.25, 0.3) is 0 Å². The lowest BCUT2D eigenvalue weighted by molar-refractivity contribution is -0.234. The van der Waals surface area contributed by atoms with E-state index in [1.807, 2.05) is 0 Å². The summed E-state index contributed by atoms with van der Waals surface area (Å²) in [6.45, 7) is 3.39. The van der Waals surface area contributed by atoms with Crippen LogP contribution in [0.15, 0.2) is 12.2 Å². The third-order valence-electron chi connectivity index (χ3n) is 9.43. The number of ether oxygens (including phenoxy) is 2. The first kappa shape index (κ1) is 52.2. The number of esters is 2. The highest BCUT2D eigenvalue weighted by molar-refractivity contribution is 7.33. The summed E-state index contributed by atoms with van der Waals surface area (Å²) in [6, 6.07) is -1.36. The highest BCUT2D eigenvalue weighted by Crippen LogP contribution is 2.24. The summed E-state index contributed by atoms with van der Waals surface area (Å²) >= 11 is 0. The number of hydrogen-bond acceptors (Lipinski definition) is 10. The number of carboxylic acids is 1. The van der Waals surface area contributed by atoms with E-state index in [1.165, 1.54) is 122 Å². The lowest BCUT2D eigenvalue weighted by Crippen LogP contribution is -2.34. The Bertz CT molecular complexity index is 935. The van der Waals surface area contributed by atoms with E-state index in [2.05, 4.69) is 30.7 Å². The second-order valence-electron chi connectivity index (χ2n) is 14.7. The van der Waals surface area contributed by atoms with Crippen LogP contribution in [0.25, 0.3) is 0 Å². The number of aliphatic carboxylic acids is 1. The van der Waals surface area contributed by atoms with Crippen LogP contribution in [0.2, 0.25) is 0 Å². The minimum Gasteiger partial charge on any atom is -0.480 e. The van der Waals surface area contributed by atoms with Crippen LogP contribution in [0.3, 0.4) is 0 Å². The largest absolute Gasteiger partial charge is 0.480 e. The fourth-order valence-electron chi connectivity index (χ4n) is 6.01. The van der Waals surface area contributed by atoms with E-state index in [-0.39, 0.29) is 32.0 Å². The average molecular weight is 790 g/mol. The Kier molecular flexibility index (Phi) is 39.5. The van der Waals surface area contributed by atoms with Gasteiger partial charge in [0, 0.05) is 12.8 Å². The summed E-state index contributed by atoms with van der Waals surface area (Å²) in [5.74, 6) is -2.14. The normalized spacial score (nSPS) is 13.2. The van der Waals surface area contributed by atoms with Crippen LogP contribution in [-0.4, -0.2) is 55.0 Å². The molecular formula is C42H80NO10P. The molecule has 3 N–H and O–H groups in total. The van der Waals surface area contributed by atoms with E-state index in [0.717, 1.165) is 51.4 Å². The van der Waals surface area contributed by atoms with Gasteiger partial charge in [-0.2, -0.15) is 4.67 Å². The molecule has 0 heterocycles. The Balaban J connectivity index is 4.27. The van der Waals surface area contributed by atoms with Gasteiger partial charge in [-0.3, -0.25) is 18.9 Å². The molecule has 0 saturated carbocycles. The Labute approximate surface area is 329 Å². The van der Waals surface area contributed by atoms with Gasteiger partial charge < -0.3 is 24.8 Å². The maximum Gasteiger partial charge on any atom is 0.347 e. The zero-order chi connectivity index (χ0) is 39.7. The standard InChI is InChI=1S/C42H80NO10P/c1-3-5-7-9-11-13-15-17-19-21-23-25-27-29-31-33-40(44)49-35-38(36-50-53-54(48)51-37-39(43)42(46)47)52-41(45)34-32-30-28-26-24-22-20-18-16-14-12-10-8-6-4-2/h18,20,38-39,54H,3-17,19,21-37,43H2,1-2H3,(H,46,47)/b20-18-/t38-,39?/m1/s1. The summed E-state index contributed by atoms with van der Waals surface area (Å²) in [6.07, 6.45) is 37.8. The lowest BCUT2D eigenvalue weighted by atomic mass is 10.0. The molecular weight excluding hydrogens is 709 g/mol. The molecule has 0 aliphatic heterocycles. The van der Waals surface area contributed by atoms with Crippen LogP contribution in [0.4, 0.5) is 0 Å². The van der Waals surface area contributed by atoms with Gasteiger partial charge in [-0.25, -0.2) is 4.89 Å². The Hall–Kier alpha value is -1.78. The van der Waals surface area contributed by atoms with Gasteiger partial charge in [0.2, 0.25) is 0 Å². The average Bonchev–Trinajstić information content (AvgIpc) is 3.15. The highest BCUT2D eigenvalue weighted by Gasteiger charge is 2.20. The molecule has 0 bridgehead atoms. The van der Waals surface area contributed by atoms with Crippen molar-refractivity contribution in [3.05, 3.63) is 12.2 Å². The van der Waals surface area contributed by atoms with Crippen LogP contribution in [-0.2, 0) is 42.5 Å². The molecule has 0 aliphatic carbocycles. The van der Waals surface area contributed by atoms with Crippen molar-refractivity contribution >= 4 is 26.2 Å². The number of carbonyl (C=O) groups excluding carboxylic acids is 2. The topological polar surface area (TPSA) is 161 Å². The molecule has 0 aromatic heterocycles. The van der Waals surface area contributed by atoms with Gasteiger partial charge in [0.1, 0.15) is 19.3 Å². The monoisotopic (exact) mass is 790 g/mol. The molecule has 0 aromatic carbocycles. The van der Waals surface area contributed by atoms with Gasteiger partial charge in [-0.1, -0.05) is 167 Å². The van der Waals surface area contributed by atoms with E-state index in [1.54, 1.807) is 0 Å². The third-order valence-corrected chi connectivity index (χ3v) is 10.1. The van der Waals surface area contributed by atoms with Crippen LogP contribution in [0.5, 0.6) is 0 Å². The van der Waals surface area contributed by atoms with Crippen molar-refractivity contribution in [1.29, 1.82) is 0 Å². The second kappa shape index (κ2) is 40.9. The number of hydrogen-bond donors (Lipinski definition) is 2. The number of carbonyl (C=O) groups is 3. The Morgan fingerprint density at radius 2 is 0.981 bits per heavy atom. The van der Waals surface area contributed by atoms with E-state index < -0.39 is 38.9 Å². The fraction of sp³-hybridized carbons (Fsp3) is 0.881. The molecule has 0 saturated heterocycles. The maximum atomic E-state index is 12.6. The first-order chi connectivity index (χ1) is 26.3. The first-order valence-electron chi connectivity index (χ1n) is 21.7. The van der Waals surface area contributed by atoms with Gasteiger partial charge in [0.15, 0.2) is 6.10 Å². The summed E-state index contributed by atoms with van der Waals surface area (Å²) < 4.78 is 32.2. The Morgan fingerprint density at radius 1 is 0.574 bits per heavy atom. The van der Waals surface area contributed by atoms with Crippen LogP contribution in [0.1, 0.15) is 206 Å². The van der Waals surface area contributed by atoms with Crippen molar-refractivity contribution in [3.8, 4) is 0 Å². The lowest BCUT2D eigenvalue weighted by Gasteiger charge is -2.17. The summed E-state index contributed by atoms with van der Waals surface area (Å²) in [5.41, 5.74) is 5.33. The van der Waals surface area contributed by atoms with Crippen LogP contribution in [0, 0.1) is 0 Å². The van der Waals surface area contributed by atoms with Gasteiger partial charge in [-0.15, -0.1) is 0 Å². The third kappa shape index (κ3) is 38.5. The molecule has 0 aliphatic rings. The zero-order valence-corrected chi connectivity index (χ0v) is 35.3. The molecule has 0 amide bonds. The molecule has 11 nitrogen and oxygen atoms in total. The van der Waals surface area contributed by atoms with Gasteiger partial charge in [-0.05, 0) is 38.5 Å². The molecule has 0 rings (SSSR count). The molecule has 0 fully saturated rings. The van der Waals surface area contributed by atoms with Crippen LogP contribution < -0.4 is 5.73 Å².